The van der Waals surface area contributed by atoms with Crippen LogP contribution in [0.2, 0.25) is 0 Å². The fourth-order valence-corrected chi connectivity index (χ4v) is 0.684. The summed E-state index contributed by atoms with van der Waals surface area (Å²) in [7, 11) is 0. The molecule has 0 fully saturated rings. The summed E-state index contributed by atoms with van der Waals surface area (Å²) in [5.74, 6) is -5.98. The minimum atomic E-state index is -2.97. The van der Waals surface area contributed by atoms with E-state index in [1.807, 2.05) is 0 Å². The van der Waals surface area contributed by atoms with Crippen molar-refractivity contribution in [1.29, 1.82) is 0 Å². The van der Waals surface area contributed by atoms with Gasteiger partial charge in [-0.25, -0.2) is 0 Å². The Morgan fingerprint density at radius 2 is 1.19 bits per heavy atom. The van der Waals surface area contributed by atoms with E-state index in [9.17, 15) is 29.7 Å². The Morgan fingerprint density at radius 1 is 0.938 bits per heavy atom. The molecule has 9 nitrogen and oxygen atoms in total. The summed E-state index contributed by atoms with van der Waals surface area (Å²) in [6, 6.07) is 0. The summed E-state index contributed by atoms with van der Waals surface area (Å²) in [6.07, 6.45) is -2.72. The van der Waals surface area contributed by atoms with Gasteiger partial charge in [-0.3, -0.25) is 0 Å². The second-order valence-electron chi connectivity index (χ2n) is 2.42. The molecule has 0 saturated carbocycles. The van der Waals surface area contributed by atoms with Crippen molar-refractivity contribution in [1.82, 2.24) is 12.3 Å². The third-order valence-corrected chi connectivity index (χ3v) is 1.25. The maximum absolute atomic E-state index is 10.1. The van der Waals surface area contributed by atoms with Crippen molar-refractivity contribution >= 4 is 17.9 Å². The summed E-state index contributed by atoms with van der Waals surface area (Å²) in [5.41, 5.74) is -2.97. The Morgan fingerprint density at radius 3 is 1.31 bits per heavy atom. The first-order valence-electron chi connectivity index (χ1n) is 3.11. The van der Waals surface area contributed by atoms with Crippen LogP contribution in [-0.2, 0) is 32.9 Å². The van der Waals surface area contributed by atoms with Crippen LogP contribution in [0.4, 0.5) is 0 Å². The third-order valence-electron chi connectivity index (χ3n) is 1.25. The molecule has 0 aromatic rings. The van der Waals surface area contributed by atoms with Gasteiger partial charge in [-0.15, -0.1) is 0 Å². The van der Waals surface area contributed by atoms with Crippen molar-refractivity contribution in [2.45, 2.75) is 18.4 Å². The van der Waals surface area contributed by atoms with Gasteiger partial charge < -0.3 is 47.1 Å². The van der Waals surface area contributed by atoms with Gasteiger partial charge in [-0.1, -0.05) is 0 Å². The second-order valence-corrected chi connectivity index (χ2v) is 2.42. The Labute approximate surface area is 103 Å². The van der Waals surface area contributed by atoms with E-state index in [1.165, 1.54) is 0 Å². The molecule has 0 atom stereocenters. The summed E-state index contributed by atoms with van der Waals surface area (Å²) in [5, 5.41) is 38.9. The zero-order chi connectivity index (χ0) is 10.6. The number of carboxylic acid groups (broad SMARTS) is 3. The number of aliphatic carboxylic acids is 3. The number of hydrogen-bond acceptors (Lipinski definition) is 9. The molecule has 1 radical (unpaired) electrons. The first-order chi connectivity index (χ1) is 5.78. The molecule has 0 amide bonds. The van der Waals surface area contributed by atoms with Crippen molar-refractivity contribution in [3.8, 4) is 0 Å². The summed E-state index contributed by atoms with van der Waals surface area (Å²) in [6.45, 7) is 0. The van der Waals surface area contributed by atoms with Crippen LogP contribution in [0.5, 0.6) is 0 Å². The maximum Gasteiger partial charge on any atom is 0.114 e. The minimum absolute atomic E-state index is 0. The fraction of sp³-hybridized carbons (Fsp3) is 0.500. The molecule has 0 saturated heterocycles. The van der Waals surface area contributed by atoms with E-state index in [-0.39, 0.29) is 30.9 Å². The zero-order valence-corrected chi connectivity index (χ0v) is 9.57. The van der Waals surface area contributed by atoms with E-state index in [2.05, 4.69) is 0 Å². The molecule has 0 aliphatic heterocycles. The summed E-state index contributed by atoms with van der Waals surface area (Å²) >= 11 is 0. The third kappa shape index (κ3) is 8.20. The van der Waals surface area contributed by atoms with Crippen molar-refractivity contribution in [3.63, 3.8) is 0 Å². The first-order valence-corrected chi connectivity index (χ1v) is 3.11. The molecule has 0 aliphatic carbocycles. The molecule has 0 heterocycles. The van der Waals surface area contributed by atoms with Crippen LogP contribution < -0.4 is 27.6 Å². The Bertz CT molecular complexity index is 241. The van der Waals surface area contributed by atoms with Crippen LogP contribution >= 0.6 is 0 Å². The maximum atomic E-state index is 10.1. The van der Waals surface area contributed by atoms with Gasteiger partial charge in [0, 0.05) is 43.3 Å². The van der Waals surface area contributed by atoms with Gasteiger partial charge in [-0.2, -0.15) is 0 Å². The van der Waals surface area contributed by atoms with E-state index < -0.39 is 36.4 Å². The molecule has 0 spiro atoms. The van der Waals surface area contributed by atoms with Gasteiger partial charge in [0.15, 0.2) is 0 Å². The molecule has 0 unspecified atom stereocenters. The van der Waals surface area contributed by atoms with Crippen molar-refractivity contribution in [2.75, 3.05) is 0 Å². The van der Waals surface area contributed by atoms with Crippen molar-refractivity contribution < 1.29 is 53.4 Å². The van der Waals surface area contributed by atoms with Crippen LogP contribution in [0, 0.1) is 0 Å². The fourth-order valence-electron chi connectivity index (χ4n) is 0.684. The summed E-state index contributed by atoms with van der Waals surface area (Å²) < 4.78 is 0. The van der Waals surface area contributed by atoms with E-state index in [0.29, 0.717) is 0 Å². The van der Waals surface area contributed by atoms with Gasteiger partial charge in [-0.05, 0) is 0 Å². The SMILES string of the molecule is N.N.O=C([O-])CC(O)(CC(=O)[O-])C(=O)[O-].[V]. The quantitative estimate of drug-likeness (QED) is 0.437. The largest absolute Gasteiger partial charge is 0.550 e. The Balaban J connectivity index is -0.000000240. The van der Waals surface area contributed by atoms with E-state index >= 15 is 0 Å². The number of rotatable bonds is 5. The molecular formula is C6H11N2O7V-3. The molecule has 10 heteroatoms. The predicted octanol–water partition coefficient (Wildman–Crippen LogP) is -4.93. The predicted molar refractivity (Wildman–Crippen MR) is 39.2 cm³/mol. The molecule has 0 bridgehead atoms. The van der Waals surface area contributed by atoms with Gasteiger partial charge in [0.1, 0.15) is 5.60 Å². The van der Waals surface area contributed by atoms with Gasteiger partial charge >= 0.3 is 0 Å². The number of carbonyl (C=O) groups excluding carboxylic acids is 3. The molecule has 7 N–H and O–H groups in total. The first kappa shape index (κ1) is 24.2. The number of carbonyl (C=O) groups is 3. The monoisotopic (exact) mass is 274 g/mol. The smallest absolute Gasteiger partial charge is 0.114 e. The van der Waals surface area contributed by atoms with Gasteiger partial charge in [0.25, 0.3) is 0 Å². The minimum Gasteiger partial charge on any atom is -0.550 e. The Kier molecular flexibility index (Phi) is 13.8. The van der Waals surface area contributed by atoms with Crippen LogP contribution in [0.3, 0.4) is 0 Å². The van der Waals surface area contributed by atoms with Gasteiger partial charge in [0.2, 0.25) is 0 Å². The molecule has 16 heavy (non-hydrogen) atoms. The molecule has 0 aromatic heterocycles. The average Bonchev–Trinajstić information content (AvgIpc) is 1.82. The van der Waals surface area contributed by atoms with Crippen LogP contribution in [0.25, 0.3) is 0 Å². The normalized spacial score (nSPS) is 8.81. The van der Waals surface area contributed by atoms with E-state index in [0.717, 1.165) is 0 Å². The van der Waals surface area contributed by atoms with Crippen LogP contribution in [0.1, 0.15) is 12.8 Å². The van der Waals surface area contributed by atoms with Crippen molar-refractivity contribution in [3.05, 3.63) is 0 Å². The van der Waals surface area contributed by atoms with Crippen LogP contribution in [-0.4, -0.2) is 28.6 Å². The van der Waals surface area contributed by atoms with Gasteiger partial charge in [0.05, 0.1) is 5.97 Å². The Hall–Kier alpha value is -1.13. The van der Waals surface area contributed by atoms with E-state index in [1.54, 1.807) is 0 Å². The van der Waals surface area contributed by atoms with Crippen molar-refractivity contribution in [2.24, 2.45) is 0 Å². The van der Waals surface area contributed by atoms with Crippen LogP contribution in [0.15, 0.2) is 0 Å². The number of carboxylic acids is 3. The molecular weight excluding hydrogens is 263 g/mol. The second kappa shape index (κ2) is 9.13. The summed E-state index contributed by atoms with van der Waals surface area (Å²) in [4.78, 5) is 30.0. The molecule has 0 rings (SSSR count). The average molecular weight is 274 g/mol. The molecule has 0 aliphatic rings. The number of hydrogen-bond donors (Lipinski definition) is 3. The van der Waals surface area contributed by atoms with E-state index in [4.69, 9.17) is 5.11 Å². The standard InChI is InChI=1S/C6H8O7.2H3N.V/c7-3(8)1-6(13,5(11)12)2-4(9)10;;;/h13H,1-2H2,(H,7,8)(H,9,10)(H,11,12);2*1H3;/p-3. The topological polar surface area (TPSA) is 211 Å². The molecule has 95 valence electrons. The zero-order valence-electron chi connectivity index (χ0n) is 8.17. The molecule has 0 aromatic carbocycles. The number of aliphatic hydroxyl groups is 1.